The average Bonchev–Trinajstić information content (AvgIpc) is 3.55. The molecule has 158 valence electrons. The Kier molecular flexibility index (Phi) is 6.73. The first kappa shape index (κ1) is 21.8. The number of halogens is 2. The van der Waals surface area contributed by atoms with E-state index in [2.05, 4.69) is 15.5 Å². The summed E-state index contributed by atoms with van der Waals surface area (Å²) in [5.74, 6) is 0.0428. The van der Waals surface area contributed by atoms with Crippen LogP contribution in [0, 0.1) is 11.3 Å². The van der Waals surface area contributed by atoms with Gasteiger partial charge in [0.05, 0.1) is 22.0 Å². The highest BCUT2D eigenvalue weighted by molar-refractivity contribution is 7.87. The summed E-state index contributed by atoms with van der Waals surface area (Å²) in [5, 5.41) is 10.6. The molecule has 3 aromatic rings. The summed E-state index contributed by atoms with van der Waals surface area (Å²) in [6.07, 6.45) is 1.97. The van der Waals surface area contributed by atoms with Crippen molar-refractivity contribution in [3.05, 3.63) is 48.0 Å². The summed E-state index contributed by atoms with van der Waals surface area (Å²) in [7, 11) is 0.701. The normalized spacial score (nSPS) is 14.0. The minimum atomic E-state index is -2.91. The summed E-state index contributed by atoms with van der Waals surface area (Å²) >= 11 is 0. The lowest BCUT2D eigenvalue weighted by Gasteiger charge is -2.09. The Balaban J connectivity index is 0.00000124. The second kappa shape index (κ2) is 9.26. The summed E-state index contributed by atoms with van der Waals surface area (Å²) in [6, 6.07) is 14.1. The summed E-state index contributed by atoms with van der Waals surface area (Å²) in [6.45, 7) is 1.09. The monoisotopic (exact) mass is 431 g/mol. The minimum Gasteiger partial charge on any atom is -0.435 e. The summed E-state index contributed by atoms with van der Waals surface area (Å²) < 4.78 is 46.3. The third kappa shape index (κ3) is 4.46. The molecule has 0 aliphatic heterocycles. The zero-order valence-corrected chi connectivity index (χ0v) is 17.8. The molecule has 1 aromatic heterocycles. The number of aryl methyl sites for hydroxylation is 1. The van der Waals surface area contributed by atoms with E-state index in [1.54, 1.807) is 17.7 Å². The van der Waals surface area contributed by atoms with Crippen LogP contribution in [-0.2, 0) is 18.0 Å². The van der Waals surface area contributed by atoms with Gasteiger partial charge in [0, 0.05) is 24.2 Å². The SMILES string of the molecule is CC.Cn1c(-c2ccc(NS(=O)C3CC3)cc2)c(C#N)c2ccc(OC(F)F)cc21. The molecule has 0 spiro atoms. The van der Waals surface area contributed by atoms with Gasteiger partial charge in [0.1, 0.15) is 22.8 Å². The number of hydrogen-bond acceptors (Lipinski definition) is 3. The minimum absolute atomic E-state index is 0.0428. The highest BCUT2D eigenvalue weighted by Crippen LogP contribution is 2.35. The molecule has 2 aromatic carbocycles. The van der Waals surface area contributed by atoms with Crippen LogP contribution in [0.15, 0.2) is 42.5 Å². The fourth-order valence-corrected chi connectivity index (χ4v) is 4.32. The van der Waals surface area contributed by atoms with Gasteiger partial charge in [0.15, 0.2) is 0 Å². The Hall–Kier alpha value is -2.92. The van der Waals surface area contributed by atoms with Crippen LogP contribution in [0.3, 0.4) is 0 Å². The zero-order chi connectivity index (χ0) is 21.8. The van der Waals surface area contributed by atoms with Gasteiger partial charge in [0.25, 0.3) is 0 Å². The van der Waals surface area contributed by atoms with E-state index in [9.17, 15) is 18.3 Å². The van der Waals surface area contributed by atoms with Gasteiger partial charge in [-0.05, 0) is 42.7 Å². The average molecular weight is 432 g/mol. The van der Waals surface area contributed by atoms with Crippen LogP contribution in [0.25, 0.3) is 22.2 Å². The van der Waals surface area contributed by atoms with Crippen LogP contribution in [0.4, 0.5) is 14.5 Å². The molecule has 1 aliphatic rings. The van der Waals surface area contributed by atoms with Crippen LogP contribution in [0.2, 0.25) is 0 Å². The van der Waals surface area contributed by atoms with Gasteiger partial charge in [-0.2, -0.15) is 14.0 Å². The highest BCUT2D eigenvalue weighted by atomic mass is 32.2. The molecule has 1 heterocycles. The van der Waals surface area contributed by atoms with E-state index in [0.29, 0.717) is 22.2 Å². The maximum atomic E-state index is 12.5. The molecule has 4 rings (SSSR count). The Labute approximate surface area is 176 Å². The predicted octanol–water partition coefficient (Wildman–Crippen LogP) is 5.58. The standard InChI is InChI=1S/C20H17F2N3O2S.C2H6/c1-25-18-10-14(27-20(21)22)6-9-16(18)17(11-23)19(25)12-2-4-13(5-3-12)24-28(26)15-7-8-15;1-2/h2-6,9-10,15,20,24H,7-8H2,1H3;1-2H3. The molecule has 0 saturated heterocycles. The molecule has 8 heteroatoms. The molecule has 0 amide bonds. The Bertz CT molecular complexity index is 1100. The van der Waals surface area contributed by atoms with Crippen molar-refractivity contribution in [2.75, 3.05) is 4.72 Å². The molecule has 30 heavy (non-hydrogen) atoms. The van der Waals surface area contributed by atoms with E-state index in [4.69, 9.17) is 0 Å². The van der Waals surface area contributed by atoms with Gasteiger partial charge in [-0.25, -0.2) is 4.21 Å². The topological polar surface area (TPSA) is 67.0 Å². The van der Waals surface area contributed by atoms with E-state index >= 15 is 0 Å². The Morgan fingerprint density at radius 3 is 2.43 bits per heavy atom. The first-order chi connectivity index (χ1) is 14.5. The lowest BCUT2D eigenvalue weighted by Crippen LogP contribution is -2.08. The molecule has 0 bridgehead atoms. The molecule has 1 saturated carbocycles. The molecular weight excluding hydrogens is 408 g/mol. The van der Waals surface area contributed by atoms with Gasteiger partial charge < -0.3 is 14.0 Å². The highest BCUT2D eigenvalue weighted by Gasteiger charge is 2.28. The van der Waals surface area contributed by atoms with Crippen LogP contribution < -0.4 is 9.46 Å². The number of benzene rings is 2. The van der Waals surface area contributed by atoms with Gasteiger partial charge in [0.2, 0.25) is 0 Å². The van der Waals surface area contributed by atoms with Crippen LogP contribution >= 0.6 is 0 Å². The molecule has 5 nitrogen and oxygen atoms in total. The van der Waals surface area contributed by atoms with Crippen LogP contribution in [0.5, 0.6) is 5.75 Å². The molecular formula is C22H23F2N3O2S. The van der Waals surface area contributed by atoms with Crippen molar-refractivity contribution >= 4 is 27.6 Å². The van der Waals surface area contributed by atoms with E-state index in [1.807, 2.05) is 38.1 Å². The van der Waals surface area contributed by atoms with Crippen molar-refractivity contribution in [1.82, 2.24) is 4.57 Å². The lowest BCUT2D eigenvalue weighted by atomic mass is 10.1. The van der Waals surface area contributed by atoms with Gasteiger partial charge in [-0.1, -0.05) is 26.0 Å². The molecule has 1 N–H and O–H groups in total. The number of alkyl halides is 2. The van der Waals surface area contributed by atoms with Crippen molar-refractivity contribution in [3.8, 4) is 23.1 Å². The van der Waals surface area contributed by atoms with Gasteiger partial charge >= 0.3 is 6.61 Å². The molecule has 0 radical (unpaired) electrons. The van der Waals surface area contributed by atoms with E-state index < -0.39 is 17.6 Å². The first-order valence-electron chi connectivity index (χ1n) is 9.73. The second-order valence-electron chi connectivity index (χ2n) is 6.63. The lowest BCUT2D eigenvalue weighted by molar-refractivity contribution is -0.0497. The Morgan fingerprint density at radius 1 is 1.20 bits per heavy atom. The molecule has 1 fully saturated rings. The van der Waals surface area contributed by atoms with Crippen LogP contribution in [-0.4, -0.2) is 20.6 Å². The number of nitriles is 1. The number of hydrogen-bond donors (Lipinski definition) is 1. The number of nitrogens with one attached hydrogen (secondary N) is 1. The van der Waals surface area contributed by atoms with Gasteiger partial charge in [-0.15, -0.1) is 0 Å². The second-order valence-corrected chi connectivity index (χ2v) is 8.09. The molecule has 1 atom stereocenters. The third-order valence-electron chi connectivity index (χ3n) is 4.71. The number of ether oxygens (including phenoxy) is 1. The van der Waals surface area contributed by atoms with Crippen molar-refractivity contribution < 1.29 is 17.7 Å². The van der Waals surface area contributed by atoms with E-state index in [0.717, 1.165) is 24.1 Å². The zero-order valence-electron chi connectivity index (χ0n) is 17.0. The largest absolute Gasteiger partial charge is 0.435 e. The van der Waals surface area contributed by atoms with Gasteiger partial charge in [-0.3, -0.25) is 0 Å². The number of anilines is 1. The maximum Gasteiger partial charge on any atom is 0.387 e. The summed E-state index contributed by atoms with van der Waals surface area (Å²) in [4.78, 5) is 0. The van der Waals surface area contributed by atoms with Crippen molar-refractivity contribution in [3.63, 3.8) is 0 Å². The predicted molar refractivity (Wildman–Crippen MR) is 116 cm³/mol. The Morgan fingerprint density at radius 2 is 1.87 bits per heavy atom. The van der Waals surface area contributed by atoms with Crippen molar-refractivity contribution in [2.45, 2.75) is 38.6 Å². The van der Waals surface area contributed by atoms with Crippen LogP contribution in [0.1, 0.15) is 32.3 Å². The maximum absolute atomic E-state index is 12.5. The fourth-order valence-electron chi connectivity index (χ4n) is 3.22. The number of aromatic nitrogens is 1. The fraction of sp³-hybridized carbons (Fsp3) is 0.318. The number of nitrogens with zero attached hydrogens (tertiary/aromatic N) is 2. The van der Waals surface area contributed by atoms with E-state index in [1.165, 1.54) is 12.1 Å². The van der Waals surface area contributed by atoms with Crippen molar-refractivity contribution in [2.24, 2.45) is 7.05 Å². The smallest absolute Gasteiger partial charge is 0.387 e. The molecule has 1 unspecified atom stereocenters. The third-order valence-corrected chi connectivity index (χ3v) is 6.23. The first-order valence-corrected chi connectivity index (χ1v) is 10.9. The van der Waals surface area contributed by atoms with Crippen molar-refractivity contribution in [1.29, 1.82) is 5.26 Å². The van der Waals surface area contributed by atoms with E-state index in [-0.39, 0.29) is 11.0 Å². The summed E-state index contributed by atoms with van der Waals surface area (Å²) in [5.41, 5.74) is 3.32. The number of fused-ring (bicyclic) bond motifs is 1. The quantitative estimate of drug-likeness (QED) is 0.554. The number of rotatable bonds is 6. The molecule has 1 aliphatic carbocycles.